The molecule has 0 spiro atoms. The van der Waals surface area contributed by atoms with Crippen LogP contribution in [0.3, 0.4) is 0 Å². The summed E-state index contributed by atoms with van der Waals surface area (Å²) in [6, 6.07) is 9.86. The summed E-state index contributed by atoms with van der Waals surface area (Å²) in [5.41, 5.74) is 0.712. The van der Waals surface area contributed by atoms with Crippen LogP contribution in [0.25, 0.3) is 11.4 Å². The van der Waals surface area contributed by atoms with Crippen LogP contribution < -0.4 is 10.6 Å². The Hall–Kier alpha value is -3.66. The first-order valence-corrected chi connectivity index (χ1v) is 9.26. The Bertz CT molecular complexity index is 1030. The zero-order valence-corrected chi connectivity index (χ0v) is 16.4. The lowest BCUT2D eigenvalue weighted by molar-refractivity contribution is -0.384. The molecule has 3 rings (SSSR count). The number of hydrogen-bond donors (Lipinski definition) is 3. The number of nitro groups is 1. The molecule has 156 valence electrons. The van der Waals surface area contributed by atoms with Crippen molar-refractivity contribution >= 4 is 23.1 Å². The van der Waals surface area contributed by atoms with Gasteiger partial charge in [0.15, 0.2) is 0 Å². The Balaban J connectivity index is 2.03. The molecule has 2 aromatic heterocycles. The smallest absolute Gasteiger partial charge is 0.295 e. The molecular weight excluding hydrogens is 391 g/mol. The number of aromatic nitrogens is 3. The summed E-state index contributed by atoms with van der Waals surface area (Å²) in [4.78, 5) is 23.7. The second-order valence-corrected chi connectivity index (χ2v) is 6.90. The van der Waals surface area contributed by atoms with Crippen LogP contribution in [0.15, 0.2) is 48.7 Å². The Morgan fingerprint density at radius 2 is 1.97 bits per heavy atom. The zero-order chi connectivity index (χ0) is 21.7. The van der Waals surface area contributed by atoms with Gasteiger partial charge in [-0.05, 0) is 30.2 Å². The number of rotatable bonds is 8. The minimum absolute atomic E-state index is 0.0839. The lowest BCUT2D eigenvalue weighted by Crippen LogP contribution is -2.30. The molecule has 0 aliphatic heterocycles. The number of nitro benzene ring substituents is 1. The van der Waals surface area contributed by atoms with Crippen molar-refractivity contribution in [3.05, 3.63) is 64.6 Å². The normalized spacial score (nSPS) is 11.9. The zero-order valence-electron chi connectivity index (χ0n) is 16.4. The first kappa shape index (κ1) is 21.1. The molecule has 0 bridgehead atoms. The molecule has 0 saturated heterocycles. The van der Waals surface area contributed by atoms with Gasteiger partial charge < -0.3 is 15.7 Å². The fraction of sp³-hybridized carbons (Fsp3) is 0.250. The van der Waals surface area contributed by atoms with Crippen LogP contribution in [-0.4, -0.2) is 37.6 Å². The Labute approximate surface area is 172 Å². The monoisotopic (exact) mass is 412 g/mol. The van der Waals surface area contributed by atoms with Crippen molar-refractivity contribution in [2.75, 3.05) is 17.2 Å². The van der Waals surface area contributed by atoms with Gasteiger partial charge in [-0.1, -0.05) is 19.9 Å². The van der Waals surface area contributed by atoms with Crippen LogP contribution in [0.4, 0.5) is 27.5 Å². The third-order valence-electron chi connectivity index (χ3n) is 4.39. The van der Waals surface area contributed by atoms with Gasteiger partial charge in [0.25, 0.3) is 5.69 Å². The van der Waals surface area contributed by atoms with E-state index in [-0.39, 0.29) is 36.0 Å². The molecule has 3 N–H and O–H groups in total. The van der Waals surface area contributed by atoms with Gasteiger partial charge in [-0.15, -0.1) is 0 Å². The largest absolute Gasteiger partial charge is 0.394 e. The van der Waals surface area contributed by atoms with Gasteiger partial charge >= 0.3 is 0 Å². The van der Waals surface area contributed by atoms with Crippen molar-refractivity contribution in [3.8, 4) is 11.4 Å². The lowest BCUT2D eigenvalue weighted by Gasteiger charge is -2.20. The summed E-state index contributed by atoms with van der Waals surface area (Å²) >= 11 is 0. The number of anilines is 3. The molecule has 1 atom stereocenters. The molecule has 10 heteroatoms. The number of aliphatic hydroxyl groups excluding tert-OH is 1. The molecule has 0 aliphatic carbocycles. The fourth-order valence-electron chi connectivity index (χ4n) is 2.71. The topological polar surface area (TPSA) is 126 Å². The first-order valence-electron chi connectivity index (χ1n) is 9.26. The third-order valence-corrected chi connectivity index (χ3v) is 4.39. The maximum Gasteiger partial charge on any atom is 0.295 e. The third kappa shape index (κ3) is 5.03. The van der Waals surface area contributed by atoms with Crippen LogP contribution in [0.1, 0.15) is 13.8 Å². The second kappa shape index (κ2) is 9.23. The number of pyridine rings is 1. The van der Waals surface area contributed by atoms with E-state index >= 15 is 0 Å². The number of nitrogens with one attached hydrogen (secondary N) is 2. The van der Waals surface area contributed by atoms with Crippen molar-refractivity contribution < 1.29 is 14.4 Å². The van der Waals surface area contributed by atoms with E-state index in [2.05, 4.69) is 25.6 Å². The second-order valence-electron chi connectivity index (χ2n) is 6.90. The summed E-state index contributed by atoms with van der Waals surface area (Å²) < 4.78 is 13.5. The predicted molar refractivity (Wildman–Crippen MR) is 111 cm³/mol. The maximum atomic E-state index is 13.5. The molecule has 0 amide bonds. The van der Waals surface area contributed by atoms with E-state index in [1.807, 2.05) is 13.8 Å². The van der Waals surface area contributed by atoms with Gasteiger partial charge in [0, 0.05) is 12.3 Å². The summed E-state index contributed by atoms with van der Waals surface area (Å²) in [6.07, 6.45) is 1.62. The molecule has 9 nitrogen and oxygen atoms in total. The van der Waals surface area contributed by atoms with Crippen LogP contribution in [0, 0.1) is 21.8 Å². The first-order chi connectivity index (χ1) is 14.4. The minimum atomic E-state index is -0.714. The molecule has 0 aliphatic rings. The standard InChI is InChI=1S/C20H21FN6O3/c1-12(2)17(11-28)25-20-24-16(14-5-3-4-8-22-14)10-19(26-20)23-15-7-6-13(21)9-18(15)27(29)30/h3-10,12,17,28H,11H2,1-2H3,(H2,23,24,25,26)/t17-/m0/s1. The highest BCUT2D eigenvalue weighted by Gasteiger charge is 2.18. The van der Waals surface area contributed by atoms with Crippen molar-refractivity contribution in [3.63, 3.8) is 0 Å². The minimum Gasteiger partial charge on any atom is -0.394 e. The Morgan fingerprint density at radius 1 is 1.17 bits per heavy atom. The van der Waals surface area contributed by atoms with E-state index in [4.69, 9.17) is 0 Å². The summed E-state index contributed by atoms with van der Waals surface area (Å²) in [5, 5.41) is 26.8. The van der Waals surface area contributed by atoms with Gasteiger partial charge in [-0.2, -0.15) is 4.98 Å². The van der Waals surface area contributed by atoms with Crippen molar-refractivity contribution in [1.29, 1.82) is 0 Å². The van der Waals surface area contributed by atoms with Gasteiger partial charge in [0.1, 0.15) is 17.3 Å². The van der Waals surface area contributed by atoms with E-state index in [1.54, 1.807) is 30.5 Å². The molecule has 30 heavy (non-hydrogen) atoms. The maximum absolute atomic E-state index is 13.5. The molecular formula is C20H21FN6O3. The number of hydrogen-bond acceptors (Lipinski definition) is 8. The highest BCUT2D eigenvalue weighted by atomic mass is 19.1. The van der Waals surface area contributed by atoms with Gasteiger partial charge in [0.05, 0.1) is 35.0 Å². The molecule has 0 unspecified atom stereocenters. The van der Waals surface area contributed by atoms with Crippen LogP contribution in [-0.2, 0) is 0 Å². The van der Waals surface area contributed by atoms with Crippen LogP contribution in [0.5, 0.6) is 0 Å². The number of benzene rings is 1. The number of nitrogens with zero attached hydrogens (tertiary/aromatic N) is 4. The van der Waals surface area contributed by atoms with Crippen LogP contribution >= 0.6 is 0 Å². The van der Waals surface area contributed by atoms with E-state index in [0.29, 0.717) is 11.4 Å². The van der Waals surface area contributed by atoms with E-state index in [1.165, 1.54) is 6.07 Å². The molecule has 3 aromatic rings. The van der Waals surface area contributed by atoms with Gasteiger partial charge in [-0.3, -0.25) is 15.1 Å². The lowest BCUT2D eigenvalue weighted by atomic mass is 10.1. The van der Waals surface area contributed by atoms with Crippen molar-refractivity contribution in [1.82, 2.24) is 15.0 Å². The number of aliphatic hydroxyl groups is 1. The highest BCUT2D eigenvalue weighted by molar-refractivity contribution is 5.71. The van der Waals surface area contributed by atoms with Gasteiger partial charge in [0.2, 0.25) is 5.95 Å². The molecule has 1 aromatic carbocycles. The number of halogens is 1. The summed E-state index contributed by atoms with van der Waals surface area (Å²) in [7, 11) is 0. The SMILES string of the molecule is CC(C)[C@H](CO)Nc1nc(Nc2ccc(F)cc2[N+](=O)[O-])cc(-c2ccccn2)n1. The summed E-state index contributed by atoms with van der Waals surface area (Å²) in [5.74, 6) is -0.137. The molecule has 0 radical (unpaired) electrons. The van der Waals surface area contributed by atoms with E-state index in [0.717, 1.165) is 12.1 Å². The Kier molecular flexibility index (Phi) is 6.48. The van der Waals surface area contributed by atoms with Crippen molar-refractivity contribution in [2.24, 2.45) is 5.92 Å². The van der Waals surface area contributed by atoms with E-state index in [9.17, 15) is 19.6 Å². The predicted octanol–water partition coefficient (Wildman–Crippen LogP) is 3.76. The highest BCUT2D eigenvalue weighted by Crippen LogP contribution is 2.29. The van der Waals surface area contributed by atoms with E-state index < -0.39 is 16.4 Å². The van der Waals surface area contributed by atoms with Crippen LogP contribution in [0.2, 0.25) is 0 Å². The quantitative estimate of drug-likeness (QED) is 0.377. The Morgan fingerprint density at radius 3 is 2.60 bits per heavy atom. The average Bonchev–Trinajstić information content (AvgIpc) is 2.73. The molecule has 0 saturated carbocycles. The average molecular weight is 412 g/mol. The molecule has 0 fully saturated rings. The van der Waals surface area contributed by atoms with Crippen molar-refractivity contribution in [2.45, 2.75) is 19.9 Å². The fourth-order valence-corrected chi connectivity index (χ4v) is 2.71. The molecule has 2 heterocycles. The summed E-state index contributed by atoms with van der Waals surface area (Å²) in [6.45, 7) is 3.76. The van der Waals surface area contributed by atoms with Gasteiger partial charge in [-0.25, -0.2) is 9.37 Å².